The minimum absolute atomic E-state index is 0. The van der Waals surface area contributed by atoms with E-state index in [1.54, 1.807) is 73.1 Å². The van der Waals surface area contributed by atoms with E-state index in [0.717, 1.165) is 11.1 Å². The zero-order chi connectivity index (χ0) is 25.5. The van der Waals surface area contributed by atoms with Crippen molar-refractivity contribution in [2.24, 2.45) is 0 Å². The van der Waals surface area contributed by atoms with Gasteiger partial charge in [-0.2, -0.15) is 5.26 Å². The first-order chi connectivity index (χ1) is 17.1. The molecule has 4 rings (SSSR count). The molecule has 0 atom stereocenters. The van der Waals surface area contributed by atoms with Crippen LogP contribution < -0.4 is 39.0 Å². The second kappa shape index (κ2) is 17.6. The monoisotopic (exact) mass is 546 g/mol. The van der Waals surface area contributed by atoms with Crippen molar-refractivity contribution >= 4 is 34.8 Å². The maximum Gasteiger partial charge on any atom is 1.00 e. The van der Waals surface area contributed by atoms with Crippen molar-refractivity contribution in [3.05, 3.63) is 113 Å². The molecule has 10 heteroatoms. The van der Waals surface area contributed by atoms with Crippen LogP contribution in [0.5, 0.6) is 23.3 Å². The maximum absolute atomic E-state index is 8.53. The van der Waals surface area contributed by atoms with Crippen molar-refractivity contribution in [1.82, 2.24) is 9.97 Å². The summed E-state index contributed by atoms with van der Waals surface area (Å²) in [4.78, 5) is 8.24. The zero-order valence-electron chi connectivity index (χ0n) is 19.2. The van der Waals surface area contributed by atoms with Gasteiger partial charge in [-0.25, -0.2) is 9.97 Å². The van der Waals surface area contributed by atoms with E-state index in [1.807, 2.05) is 12.1 Å². The first-order valence-electron chi connectivity index (χ1n) is 9.97. The molecule has 2 heterocycles. The van der Waals surface area contributed by atoms with Crippen LogP contribution >= 0.6 is 34.8 Å². The van der Waals surface area contributed by atoms with Crippen molar-refractivity contribution < 1.29 is 39.0 Å². The van der Waals surface area contributed by atoms with Crippen LogP contribution in [0.1, 0.15) is 11.1 Å². The van der Waals surface area contributed by atoms with Crippen molar-refractivity contribution in [2.45, 2.75) is 12.3 Å². The summed E-state index contributed by atoms with van der Waals surface area (Å²) in [5.74, 6) is 2.87. The molecule has 2 aromatic carbocycles. The predicted octanol–water partition coefficient (Wildman–Crippen LogP) is 4.96. The van der Waals surface area contributed by atoms with Gasteiger partial charge in [-0.3, -0.25) is 0 Å². The Morgan fingerprint density at radius 2 is 1.11 bits per heavy atom. The van der Waals surface area contributed by atoms with Gasteiger partial charge in [0.05, 0.1) is 12.5 Å². The van der Waals surface area contributed by atoms with E-state index in [9.17, 15) is 0 Å². The Bertz CT molecular complexity index is 1230. The van der Waals surface area contributed by atoms with E-state index >= 15 is 0 Å². The molecule has 6 nitrogen and oxygen atoms in total. The number of hydrogen-bond donors (Lipinski definition) is 0. The van der Waals surface area contributed by atoms with Crippen LogP contribution in [0.2, 0.25) is 10.0 Å². The summed E-state index contributed by atoms with van der Waals surface area (Å²) in [6.45, 7) is 4.75. The van der Waals surface area contributed by atoms with Gasteiger partial charge in [-0.15, -0.1) is 11.6 Å². The Morgan fingerprint density at radius 1 is 0.694 bits per heavy atom. The number of rotatable bonds is 6. The van der Waals surface area contributed by atoms with Gasteiger partial charge >= 0.3 is 29.6 Å². The summed E-state index contributed by atoms with van der Waals surface area (Å²) >= 11 is 17.2. The molecular formula is C26H18Cl3N4NaO2. The fourth-order valence-electron chi connectivity index (χ4n) is 2.46. The van der Waals surface area contributed by atoms with E-state index < -0.39 is 0 Å². The van der Waals surface area contributed by atoms with Crippen molar-refractivity contribution in [1.29, 1.82) is 10.5 Å². The molecule has 0 unspecified atom stereocenters. The summed E-state index contributed by atoms with van der Waals surface area (Å²) in [5, 5.41) is 16.1. The van der Waals surface area contributed by atoms with Crippen LogP contribution in [0.3, 0.4) is 0 Å². The fraction of sp³-hybridized carbons (Fsp3) is 0.0769. The smallest absolute Gasteiger partial charge is 0.512 e. The first-order valence-corrected chi connectivity index (χ1v) is 11.3. The number of hydrogen-bond acceptors (Lipinski definition) is 6. The third-order valence-corrected chi connectivity index (χ3v) is 4.92. The maximum atomic E-state index is 8.53. The topological polar surface area (TPSA) is 91.8 Å². The van der Waals surface area contributed by atoms with Gasteiger partial charge in [-0.1, -0.05) is 35.3 Å². The first kappa shape index (κ1) is 31.2. The van der Waals surface area contributed by atoms with E-state index in [2.05, 4.69) is 16.0 Å². The number of alkyl halides is 1. The molecule has 0 spiro atoms. The van der Waals surface area contributed by atoms with E-state index in [-0.39, 0.29) is 29.6 Å². The van der Waals surface area contributed by atoms with Crippen molar-refractivity contribution in [2.75, 3.05) is 0 Å². The third kappa shape index (κ3) is 11.3. The number of halogens is 3. The molecule has 0 saturated heterocycles. The Labute approximate surface area is 247 Å². The van der Waals surface area contributed by atoms with Crippen LogP contribution in [0.4, 0.5) is 0 Å². The van der Waals surface area contributed by atoms with Gasteiger partial charge in [0.25, 0.3) is 0 Å². The molecule has 0 fully saturated rings. The summed E-state index contributed by atoms with van der Waals surface area (Å²) in [5.41, 5.74) is 1.83. The quantitative estimate of drug-likeness (QED) is 0.192. The second-order valence-corrected chi connectivity index (χ2v) is 7.73. The largest absolute Gasteiger partial charge is 1.00 e. The Kier molecular flexibility index (Phi) is 15.3. The summed E-state index contributed by atoms with van der Waals surface area (Å²) < 4.78 is 11.0. The van der Waals surface area contributed by atoms with Crippen molar-refractivity contribution in [3.8, 4) is 29.3 Å². The zero-order valence-corrected chi connectivity index (χ0v) is 23.5. The van der Waals surface area contributed by atoms with E-state index in [4.69, 9.17) is 61.4 Å². The number of benzene rings is 2. The molecule has 0 saturated carbocycles. The second-order valence-electron chi connectivity index (χ2n) is 6.59. The number of aromatic nitrogens is 2. The molecule has 0 aliphatic rings. The van der Waals surface area contributed by atoms with Gasteiger partial charge in [0.2, 0.25) is 11.8 Å². The molecule has 0 aliphatic heterocycles. The van der Waals surface area contributed by atoms with Gasteiger partial charge < -0.3 is 21.3 Å². The molecule has 0 aliphatic carbocycles. The summed E-state index contributed by atoms with van der Waals surface area (Å²) in [7, 11) is 0. The number of nitriles is 1. The predicted molar refractivity (Wildman–Crippen MR) is 135 cm³/mol. The molecule has 0 N–H and O–H groups in total. The van der Waals surface area contributed by atoms with Crippen LogP contribution in [0.15, 0.2) is 85.2 Å². The SMILES string of the molecule is ClCc1ccc(Oc2ccc(Cl)cc2)nc1.N#CCc1ccc(Oc2ccc(Cl)cc2)nc1.[C-]#N.[Na+]. The molecule has 0 radical (unpaired) electrons. The van der Waals surface area contributed by atoms with Crippen LogP contribution in [-0.4, -0.2) is 9.97 Å². The standard InChI is InChI=1S/C13H9ClN2O.C12H9Cl2NO.CN.Na/c14-11-2-4-12(5-3-11)17-13-6-1-10(7-8-15)9-16-13;13-7-9-1-6-12(15-8-9)16-11-4-2-10(14)3-5-11;1-2;/h1-6,9H,7H2;1-6,8H,7H2;;/q;;-1;+1. The molecule has 36 heavy (non-hydrogen) atoms. The Morgan fingerprint density at radius 3 is 1.44 bits per heavy atom. The minimum atomic E-state index is 0. The molecule has 0 bridgehead atoms. The van der Waals surface area contributed by atoms with Gasteiger partial charge in [-0.05, 0) is 59.7 Å². The molecule has 176 valence electrons. The Hall–Kier alpha value is -2.81. The van der Waals surface area contributed by atoms with Crippen molar-refractivity contribution in [3.63, 3.8) is 0 Å². The number of ether oxygens (including phenoxy) is 2. The summed E-state index contributed by atoms with van der Waals surface area (Å²) in [6, 6.07) is 23.4. The normalized spacial score (nSPS) is 9.11. The molecular weight excluding hydrogens is 530 g/mol. The van der Waals surface area contributed by atoms with E-state index in [1.165, 1.54) is 0 Å². The molecule has 0 amide bonds. The minimum Gasteiger partial charge on any atom is -0.512 e. The average Bonchev–Trinajstić information content (AvgIpc) is 2.90. The van der Waals surface area contributed by atoms with Crippen LogP contribution in [-0.2, 0) is 12.3 Å². The molecule has 2 aromatic heterocycles. The Balaban J connectivity index is 0.000000329. The van der Waals surface area contributed by atoms with Gasteiger partial charge in [0, 0.05) is 40.5 Å². The molecule has 4 aromatic rings. The number of pyridine rings is 2. The summed E-state index contributed by atoms with van der Waals surface area (Å²) in [6.07, 6.45) is 3.68. The van der Waals surface area contributed by atoms with Gasteiger partial charge in [0.15, 0.2) is 0 Å². The average molecular weight is 548 g/mol. The third-order valence-electron chi connectivity index (χ3n) is 4.10. The van der Waals surface area contributed by atoms with Crippen LogP contribution in [0.25, 0.3) is 0 Å². The van der Waals surface area contributed by atoms with E-state index in [0.29, 0.717) is 45.6 Å². The fourth-order valence-corrected chi connectivity index (χ4v) is 2.87. The van der Waals surface area contributed by atoms with Crippen LogP contribution in [0, 0.1) is 23.2 Å². The number of nitrogens with zero attached hydrogens (tertiary/aromatic N) is 4. The van der Waals surface area contributed by atoms with Gasteiger partial charge in [0.1, 0.15) is 11.5 Å².